The summed E-state index contributed by atoms with van der Waals surface area (Å²) in [5.41, 5.74) is 1.26. The van der Waals surface area contributed by atoms with E-state index in [4.69, 9.17) is 9.47 Å². The fourth-order valence-corrected chi connectivity index (χ4v) is 2.70. The molecule has 0 amide bonds. The van der Waals surface area contributed by atoms with Crippen LogP contribution >= 0.6 is 0 Å². The maximum Gasteiger partial charge on any atom is 0.128 e. The van der Waals surface area contributed by atoms with E-state index < -0.39 is 0 Å². The number of methoxy groups -OCH3 is 1. The van der Waals surface area contributed by atoms with Crippen LogP contribution in [0.2, 0.25) is 0 Å². The highest BCUT2D eigenvalue weighted by atomic mass is 16.5. The summed E-state index contributed by atoms with van der Waals surface area (Å²) in [5, 5.41) is 3.56. The summed E-state index contributed by atoms with van der Waals surface area (Å²) < 4.78 is 11.4. The van der Waals surface area contributed by atoms with Gasteiger partial charge in [0.2, 0.25) is 0 Å². The van der Waals surface area contributed by atoms with Crippen LogP contribution in [0, 0.1) is 0 Å². The van der Waals surface area contributed by atoms with Gasteiger partial charge in [0.25, 0.3) is 0 Å². The summed E-state index contributed by atoms with van der Waals surface area (Å²) in [6.07, 6.45) is 4.96. The van der Waals surface area contributed by atoms with Gasteiger partial charge in [-0.05, 0) is 19.0 Å². The van der Waals surface area contributed by atoms with Crippen molar-refractivity contribution in [1.82, 2.24) is 5.32 Å². The molecule has 1 N–H and O–H groups in total. The molecule has 0 aliphatic carbocycles. The van der Waals surface area contributed by atoms with E-state index in [1.807, 2.05) is 12.1 Å². The predicted octanol–water partition coefficient (Wildman–Crippen LogP) is 3.69. The Labute approximate surface area is 116 Å². The Balaban J connectivity index is 2.19. The number of fused-ring (bicyclic) bond motifs is 1. The molecule has 19 heavy (non-hydrogen) atoms. The number of benzene rings is 1. The van der Waals surface area contributed by atoms with E-state index >= 15 is 0 Å². The van der Waals surface area contributed by atoms with Crippen molar-refractivity contribution in [3.63, 3.8) is 0 Å². The molecular weight excluding hydrogens is 238 g/mol. The monoisotopic (exact) mass is 263 g/mol. The van der Waals surface area contributed by atoms with Crippen LogP contribution in [0.3, 0.4) is 0 Å². The van der Waals surface area contributed by atoms with Gasteiger partial charge in [0.1, 0.15) is 17.6 Å². The van der Waals surface area contributed by atoms with Crippen LogP contribution < -0.4 is 14.8 Å². The van der Waals surface area contributed by atoms with Crippen LogP contribution in [-0.2, 0) is 0 Å². The van der Waals surface area contributed by atoms with Crippen LogP contribution in [0.25, 0.3) is 0 Å². The molecule has 2 rings (SSSR count). The second-order valence-corrected chi connectivity index (χ2v) is 5.13. The van der Waals surface area contributed by atoms with Crippen LogP contribution in [-0.4, -0.2) is 19.8 Å². The summed E-state index contributed by atoms with van der Waals surface area (Å²) in [7, 11) is 1.70. The van der Waals surface area contributed by atoms with Gasteiger partial charge in [0.15, 0.2) is 0 Å². The van der Waals surface area contributed by atoms with Crippen molar-refractivity contribution in [3.05, 3.63) is 23.8 Å². The van der Waals surface area contributed by atoms with Gasteiger partial charge in [0.05, 0.1) is 7.11 Å². The maximum absolute atomic E-state index is 6.13. The molecule has 3 heteroatoms. The highest BCUT2D eigenvalue weighted by Crippen LogP contribution is 2.38. The van der Waals surface area contributed by atoms with Crippen LogP contribution in [0.15, 0.2) is 18.2 Å². The molecule has 0 bridgehead atoms. The SMILES string of the molecule is CCCCC1CC(NCC)c2ccc(OC)cc2O1. The topological polar surface area (TPSA) is 30.5 Å². The molecule has 1 heterocycles. The normalized spacial score (nSPS) is 21.6. The molecule has 0 radical (unpaired) electrons. The Morgan fingerprint density at radius 1 is 1.37 bits per heavy atom. The third-order valence-corrected chi connectivity index (χ3v) is 3.72. The van der Waals surface area contributed by atoms with Crippen molar-refractivity contribution >= 4 is 0 Å². The van der Waals surface area contributed by atoms with E-state index in [1.165, 1.54) is 18.4 Å². The van der Waals surface area contributed by atoms with E-state index in [0.29, 0.717) is 12.1 Å². The molecule has 106 valence electrons. The van der Waals surface area contributed by atoms with E-state index in [1.54, 1.807) is 7.11 Å². The molecule has 0 spiro atoms. The summed E-state index contributed by atoms with van der Waals surface area (Å²) in [6, 6.07) is 6.55. The first-order valence-electron chi connectivity index (χ1n) is 7.36. The Bertz CT molecular complexity index is 406. The van der Waals surface area contributed by atoms with Gasteiger partial charge in [-0.3, -0.25) is 0 Å². The van der Waals surface area contributed by atoms with Gasteiger partial charge in [-0.1, -0.05) is 32.8 Å². The molecule has 2 unspecified atom stereocenters. The smallest absolute Gasteiger partial charge is 0.128 e. The lowest BCUT2D eigenvalue weighted by Crippen LogP contribution is -2.33. The van der Waals surface area contributed by atoms with Gasteiger partial charge in [-0.15, -0.1) is 0 Å². The lowest BCUT2D eigenvalue weighted by molar-refractivity contribution is 0.138. The Hall–Kier alpha value is -1.22. The molecule has 0 aromatic heterocycles. The standard InChI is InChI=1S/C16H25NO2/c1-4-6-7-13-10-15(17-5-2)14-9-8-12(18-3)11-16(14)19-13/h8-9,11,13,15,17H,4-7,10H2,1-3H3. The Morgan fingerprint density at radius 3 is 2.89 bits per heavy atom. The molecule has 3 nitrogen and oxygen atoms in total. The third-order valence-electron chi connectivity index (χ3n) is 3.72. The van der Waals surface area contributed by atoms with Gasteiger partial charge < -0.3 is 14.8 Å². The molecule has 1 aliphatic heterocycles. The summed E-state index contributed by atoms with van der Waals surface area (Å²) in [5.74, 6) is 1.85. The van der Waals surface area contributed by atoms with Crippen molar-refractivity contribution in [2.75, 3.05) is 13.7 Å². The maximum atomic E-state index is 6.13. The van der Waals surface area contributed by atoms with Crippen molar-refractivity contribution in [1.29, 1.82) is 0 Å². The molecule has 0 saturated heterocycles. The number of unbranched alkanes of at least 4 members (excludes halogenated alkanes) is 1. The zero-order chi connectivity index (χ0) is 13.7. The highest BCUT2D eigenvalue weighted by molar-refractivity contribution is 5.44. The second-order valence-electron chi connectivity index (χ2n) is 5.13. The molecule has 0 saturated carbocycles. The lowest BCUT2D eigenvalue weighted by Gasteiger charge is -2.33. The van der Waals surface area contributed by atoms with E-state index in [2.05, 4.69) is 25.2 Å². The predicted molar refractivity (Wildman–Crippen MR) is 78.0 cm³/mol. The fraction of sp³-hybridized carbons (Fsp3) is 0.625. The first kappa shape index (κ1) is 14.2. The van der Waals surface area contributed by atoms with E-state index in [-0.39, 0.29) is 0 Å². The van der Waals surface area contributed by atoms with Gasteiger partial charge in [-0.25, -0.2) is 0 Å². The number of hydrogen-bond donors (Lipinski definition) is 1. The average Bonchev–Trinajstić information content (AvgIpc) is 2.44. The van der Waals surface area contributed by atoms with Gasteiger partial charge in [-0.2, -0.15) is 0 Å². The Kier molecular flexibility index (Phi) is 5.08. The van der Waals surface area contributed by atoms with Crippen molar-refractivity contribution < 1.29 is 9.47 Å². The van der Waals surface area contributed by atoms with Crippen molar-refractivity contribution in [2.45, 2.75) is 51.7 Å². The summed E-state index contributed by atoms with van der Waals surface area (Å²) in [6.45, 7) is 5.36. The van der Waals surface area contributed by atoms with Crippen molar-refractivity contribution in [3.8, 4) is 11.5 Å². The molecule has 1 aromatic carbocycles. The van der Waals surface area contributed by atoms with Gasteiger partial charge >= 0.3 is 0 Å². The minimum atomic E-state index is 0.323. The quantitative estimate of drug-likeness (QED) is 0.849. The molecule has 1 aromatic rings. The zero-order valence-corrected chi connectivity index (χ0v) is 12.2. The molecule has 1 aliphatic rings. The number of hydrogen-bond acceptors (Lipinski definition) is 3. The second kappa shape index (κ2) is 6.80. The summed E-state index contributed by atoms with van der Waals surface area (Å²) >= 11 is 0. The van der Waals surface area contributed by atoms with Crippen molar-refractivity contribution in [2.24, 2.45) is 0 Å². The highest BCUT2D eigenvalue weighted by Gasteiger charge is 2.27. The largest absolute Gasteiger partial charge is 0.497 e. The molecule has 2 atom stereocenters. The average molecular weight is 263 g/mol. The number of ether oxygens (including phenoxy) is 2. The molecular formula is C16H25NO2. The van der Waals surface area contributed by atoms with Crippen LogP contribution in [0.4, 0.5) is 0 Å². The fourth-order valence-electron chi connectivity index (χ4n) is 2.70. The third kappa shape index (κ3) is 3.41. The lowest BCUT2D eigenvalue weighted by atomic mass is 9.94. The zero-order valence-electron chi connectivity index (χ0n) is 12.2. The number of rotatable bonds is 6. The van der Waals surface area contributed by atoms with Crippen LogP contribution in [0.5, 0.6) is 11.5 Å². The van der Waals surface area contributed by atoms with Crippen LogP contribution in [0.1, 0.15) is 51.1 Å². The van der Waals surface area contributed by atoms with Gasteiger partial charge in [0, 0.05) is 24.1 Å². The first-order valence-corrected chi connectivity index (χ1v) is 7.36. The minimum Gasteiger partial charge on any atom is -0.497 e. The molecule has 0 fully saturated rings. The first-order chi connectivity index (χ1) is 9.28. The summed E-state index contributed by atoms with van der Waals surface area (Å²) in [4.78, 5) is 0. The Morgan fingerprint density at radius 2 is 2.21 bits per heavy atom. The minimum absolute atomic E-state index is 0.323. The van der Waals surface area contributed by atoms with E-state index in [9.17, 15) is 0 Å². The number of nitrogens with one attached hydrogen (secondary N) is 1. The van der Waals surface area contributed by atoms with E-state index in [0.717, 1.165) is 30.9 Å².